The fourth-order valence-corrected chi connectivity index (χ4v) is 2.65. The molecule has 0 radical (unpaired) electrons. The van der Waals surface area contributed by atoms with Gasteiger partial charge in [-0.15, -0.1) is 0 Å². The van der Waals surface area contributed by atoms with Gasteiger partial charge in [0, 0.05) is 23.3 Å². The van der Waals surface area contributed by atoms with Gasteiger partial charge in [-0.2, -0.15) is 11.8 Å². The lowest BCUT2D eigenvalue weighted by Gasteiger charge is -2.12. The number of anilines is 1. The Bertz CT molecular complexity index is 519. The van der Waals surface area contributed by atoms with E-state index in [9.17, 15) is 5.11 Å². The number of nitrogen functional groups attached to an aromatic ring is 1. The topological polar surface area (TPSA) is 55.5 Å². The number of thioether (sulfide) groups is 1. The van der Waals surface area contributed by atoms with E-state index in [0.717, 1.165) is 5.75 Å². The Hall–Kier alpha value is -1.65. The summed E-state index contributed by atoms with van der Waals surface area (Å²) in [6.07, 6.45) is -0.481. The van der Waals surface area contributed by atoms with E-state index in [0.29, 0.717) is 17.2 Å². The Morgan fingerprint density at radius 2 is 1.90 bits per heavy atom. The summed E-state index contributed by atoms with van der Waals surface area (Å²) >= 11 is 1.70. The number of aliphatic hydroxyl groups is 1. The van der Waals surface area contributed by atoms with Gasteiger partial charge in [-0.3, -0.25) is 0 Å². The van der Waals surface area contributed by atoms with Gasteiger partial charge in [0.2, 0.25) is 0 Å². The molecule has 106 valence electrons. The molecular formula is C16H19NO2S. The fourth-order valence-electron chi connectivity index (χ4n) is 1.73. The van der Waals surface area contributed by atoms with Crippen LogP contribution in [0.4, 0.5) is 5.69 Å². The second kappa shape index (κ2) is 7.82. The normalized spacial score (nSPS) is 12.1. The monoisotopic (exact) mass is 289 g/mol. The molecule has 3 N–H and O–H groups in total. The number of benzene rings is 2. The first-order chi connectivity index (χ1) is 9.74. The Balaban J connectivity index is 1.67. The van der Waals surface area contributed by atoms with Crippen LogP contribution in [0.1, 0.15) is 5.56 Å². The summed E-state index contributed by atoms with van der Waals surface area (Å²) in [4.78, 5) is 0. The SMILES string of the molecule is Nc1cccc(OCC(O)CSCc2ccccc2)c1. The maximum Gasteiger partial charge on any atom is 0.121 e. The van der Waals surface area contributed by atoms with E-state index < -0.39 is 6.10 Å². The second-order valence-corrected chi connectivity index (χ2v) is 5.57. The highest BCUT2D eigenvalue weighted by atomic mass is 32.2. The van der Waals surface area contributed by atoms with Gasteiger partial charge in [-0.05, 0) is 17.7 Å². The molecule has 2 aromatic rings. The van der Waals surface area contributed by atoms with Gasteiger partial charge in [-0.1, -0.05) is 36.4 Å². The van der Waals surface area contributed by atoms with Crippen LogP contribution < -0.4 is 10.5 Å². The van der Waals surface area contributed by atoms with Gasteiger partial charge >= 0.3 is 0 Å². The molecule has 0 aliphatic heterocycles. The number of hydrogen-bond donors (Lipinski definition) is 2. The molecule has 0 aromatic heterocycles. The maximum absolute atomic E-state index is 9.88. The quantitative estimate of drug-likeness (QED) is 0.770. The standard InChI is InChI=1S/C16H19NO2S/c17-14-7-4-8-16(9-14)19-10-15(18)12-20-11-13-5-2-1-3-6-13/h1-9,15,18H,10-12,17H2. The average Bonchev–Trinajstić information content (AvgIpc) is 2.46. The zero-order chi connectivity index (χ0) is 14.2. The summed E-state index contributed by atoms with van der Waals surface area (Å²) in [5, 5.41) is 9.88. The molecule has 0 amide bonds. The molecule has 2 rings (SSSR count). The van der Waals surface area contributed by atoms with E-state index in [1.807, 2.05) is 30.3 Å². The molecule has 0 aliphatic rings. The third-order valence-corrected chi connectivity index (χ3v) is 3.88. The molecule has 2 aromatic carbocycles. The van der Waals surface area contributed by atoms with Crippen molar-refractivity contribution in [2.45, 2.75) is 11.9 Å². The van der Waals surface area contributed by atoms with Gasteiger partial charge in [0.1, 0.15) is 12.4 Å². The smallest absolute Gasteiger partial charge is 0.121 e. The Kier molecular flexibility index (Phi) is 5.77. The highest BCUT2D eigenvalue weighted by molar-refractivity contribution is 7.98. The van der Waals surface area contributed by atoms with Crippen LogP contribution >= 0.6 is 11.8 Å². The molecule has 0 fully saturated rings. The van der Waals surface area contributed by atoms with Crippen molar-refractivity contribution in [1.29, 1.82) is 0 Å². The number of ether oxygens (including phenoxy) is 1. The van der Waals surface area contributed by atoms with Crippen molar-refractivity contribution >= 4 is 17.4 Å². The van der Waals surface area contributed by atoms with Crippen molar-refractivity contribution in [3.05, 3.63) is 60.2 Å². The first kappa shape index (κ1) is 14.8. The van der Waals surface area contributed by atoms with Crippen molar-refractivity contribution in [3.63, 3.8) is 0 Å². The van der Waals surface area contributed by atoms with Gasteiger partial charge in [0.15, 0.2) is 0 Å². The van der Waals surface area contributed by atoms with E-state index >= 15 is 0 Å². The third kappa shape index (κ3) is 5.15. The first-order valence-electron chi connectivity index (χ1n) is 6.52. The Labute approximate surface area is 123 Å². The van der Waals surface area contributed by atoms with Crippen molar-refractivity contribution in [1.82, 2.24) is 0 Å². The minimum Gasteiger partial charge on any atom is -0.491 e. The minimum atomic E-state index is -0.481. The summed E-state index contributed by atoms with van der Waals surface area (Å²) < 4.78 is 5.51. The predicted molar refractivity (Wildman–Crippen MR) is 85.0 cm³/mol. The first-order valence-corrected chi connectivity index (χ1v) is 7.67. The molecule has 1 atom stereocenters. The van der Waals surface area contributed by atoms with Crippen molar-refractivity contribution in [2.24, 2.45) is 0 Å². The molecule has 0 aliphatic carbocycles. The van der Waals surface area contributed by atoms with Crippen LogP contribution in [0.3, 0.4) is 0 Å². The molecule has 0 heterocycles. The fraction of sp³-hybridized carbons (Fsp3) is 0.250. The lowest BCUT2D eigenvalue weighted by molar-refractivity contribution is 0.126. The van der Waals surface area contributed by atoms with Crippen LogP contribution in [0.2, 0.25) is 0 Å². The van der Waals surface area contributed by atoms with Crippen LogP contribution in [-0.4, -0.2) is 23.6 Å². The maximum atomic E-state index is 9.88. The number of aliphatic hydroxyl groups excluding tert-OH is 1. The zero-order valence-corrected chi connectivity index (χ0v) is 12.1. The van der Waals surface area contributed by atoms with Crippen molar-refractivity contribution in [3.8, 4) is 5.75 Å². The van der Waals surface area contributed by atoms with E-state index in [-0.39, 0.29) is 6.61 Å². The Morgan fingerprint density at radius 3 is 2.65 bits per heavy atom. The molecule has 3 nitrogen and oxygen atoms in total. The number of hydrogen-bond acceptors (Lipinski definition) is 4. The lowest BCUT2D eigenvalue weighted by Crippen LogP contribution is -2.20. The van der Waals surface area contributed by atoms with Crippen molar-refractivity contribution < 1.29 is 9.84 Å². The minimum absolute atomic E-state index is 0.283. The zero-order valence-electron chi connectivity index (χ0n) is 11.2. The summed E-state index contributed by atoms with van der Waals surface area (Å²) in [7, 11) is 0. The molecule has 20 heavy (non-hydrogen) atoms. The molecular weight excluding hydrogens is 270 g/mol. The predicted octanol–water partition coefficient (Wildman–Crippen LogP) is 2.94. The molecule has 1 unspecified atom stereocenters. The van der Waals surface area contributed by atoms with Crippen LogP contribution in [0.5, 0.6) is 5.75 Å². The van der Waals surface area contributed by atoms with Crippen LogP contribution in [0.15, 0.2) is 54.6 Å². The summed E-state index contributed by atoms with van der Waals surface area (Å²) in [5.41, 5.74) is 7.59. The third-order valence-electron chi connectivity index (χ3n) is 2.72. The summed E-state index contributed by atoms with van der Waals surface area (Å²) in [6.45, 7) is 0.283. The highest BCUT2D eigenvalue weighted by Gasteiger charge is 2.06. The van der Waals surface area contributed by atoms with E-state index in [4.69, 9.17) is 10.5 Å². The Morgan fingerprint density at radius 1 is 1.10 bits per heavy atom. The summed E-state index contributed by atoms with van der Waals surface area (Å²) in [5.74, 6) is 2.24. The van der Waals surface area contributed by atoms with Gasteiger partial charge in [0.05, 0.1) is 6.10 Å². The van der Waals surface area contributed by atoms with Gasteiger partial charge in [-0.25, -0.2) is 0 Å². The van der Waals surface area contributed by atoms with Crippen LogP contribution in [0, 0.1) is 0 Å². The molecule has 0 bridgehead atoms. The van der Waals surface area contributed by atoms with Crippen LogP contribution in [0.25, 0.3) is 0 Å². The largest absolute Gasteiger partial charge is 0.491 e. The van der Waals surface area contributed by atoms with Gasteiger partial charge in [0.25, 0.3) is 0 Å². The number of nitrogens with two attached hydrogens (primary N) is 1. The molecule has 0 saturated heterocycles. The van der Waals surface area contributed by atoms with E-state index in [2.05, 4.69) is 12.1 Å². The van der Waals surface area contributed by atoms with E-state index in [1.165, 1.54) is 5.56 Å². The lowest BCUT2D eigenvalue weighted by atomic mass is 10.2. The number of rotatable bonds is 7. The average molecular weight is 289 g/mol. The van der Waals surface area contributed by atoms with Gasteiger partial charge < -0.3 is 15.6 Å². The van der Waals surface area contributed by atoms with E-state index in [1.54, 1.807) is 23.9 Å². The molecule has 0 spiro atoms. The van der Waals surface area contributed by atoms with Crippen LogP contribution in [-0.2, 0) is 5.75 Å². The molecule has 4 heteroatoms. The van der Waals surface area contributed by atoms with Crippen molar-refractivity contribution in [2.75, 3.05) is 18.1 Å². The molecule has 0 saturated carbocycles. The second-order valence-electron chi connectivity index (χ2n) is 4.54. The highest BCUT2D eigenvalue weighted by Crippen LogP contribution is 2.16. The summed E-state index contributed by atoms with van der Waals surface area (Å²) in [6, 6.07) is 17.4.